The van der Waals surface area contributed by atoms with Crippen molar-refractivity contribution in [2.45, 2.75) is 6.10 Å². The Bertz CT molecular complexity index is 649. The Labute approximate surface area is 145 Å². The van der Waals surface area contributed by atoms with E-state index in [0.29, 0.717) is 16.7 Å². The zero-order valence-electron chi connectivity index (χ0n) is 11.6. The summed E-state index contributed by atoms with van der Waals surface area (Å²) in [5.41, 5.74) is 0.781. The number of hydrogen-bond acceptors (Lipinski definition) is 2. The van der Waals surface area contributed by atoms with Gasteiger partial charge in [0.2, 0.25) is 0 Å². The van der Waals surface area contributed by atoms with Crippen molar-refractivity contribution in [1.29, 1.82) is 0 Å². The van der Waals surface area contributed by atoms with Gasteiger partial charge in [0.25, 0.3) is 0 Å². The summed E-state index contributed by atoms with van der Waals surface area (Å²) in [6.07, 6.45) is -0.225. The van der Waals surface area contributed by atoms with E-state index in [9.17, 15) is 4.39 Å². The lowest BCUT2D eigenvalue weighted by atomic mass is 9.90. The molecule has 1 atom stereocenters. The van der Waals surface area contributed by atoms with Gasteiger partial charge in [0.15, 0.2) is 0 Å². The second-order valence-corrected chi connectivity index (χ2v) is 5.93. The second kappa shape index (κ2) is 7.51. The molecule has 2 aromatic rings. The molecule has 2 aromatic carbocycles. The molecule has 0 unspecified atom stereocenters. The van der Waals surface area contributed by atoms with E-state index >= 15 is 0 Å². The van der Waals surface area contributed by atoms with Gasteiger partial charge in [-0.1, -0.05) is 35.3 Å². The van der Waals surface area contributed by atoms with Crippen LogP contribution >= 0.6 is 35.6 Å². The standard InChI is InChI=1S/C16H14Cl2FNO.ClH/c17-12-2-1-3-13(7-12)21-16(11-8-20-9-11)10-4-5-14(18)15(19)6-10;/h1-7,11,16,20H,8-9H2;1H/t16-;/m1./s1. The molecule has 2 nitrogen and oxygen atoms in total. The first-order chi connectivity index (χ1) is 10.1. The van der Waals surface area contributed by atoms with Crippen molar-refractivity contribution < 1.29 is 9.13 Å². The van der Waals surface area contributed by atoms with Crippen molar-refractivity contribution in [3.8, 4) is 5.75 Å². The second-order valence-electron chi connectivity index (χ2n) is 5.09. The first-order valence-electron chi connectivity index (χ1n) is 6.71. The van der Waals surface area contributed by atoms with E-state index in [1.807, 2.05) is 12.1 Å². The molecule has 1 aliphatic heterocycles. The van der Waals surface area contributed by atoms with Gasteiger partial charge >= 0.3 is 0 Å². The Balaban J connectivity index is 0.00000176. The summed E-state index contributed by atoms with van der Waals surface area (Å²) in [6.45, 7) is 1.69. The molecule has 1 aliphatic rings. The highest BCUT2D eigenvalue weighted by Gasteiger charge is 2.30. The van der Waals surface area contributed by atoms with Crippen LogP contribution in [0.4, 0.5) is 4.39 Å². The maximum atomic E-state index is 13.7. The number of hydrogen-bond donors (Lipinski definition) is 1. The van der Waals surface area contributed by atoms with Gasteiger partial charge in [-0.3, -0.25) is 0 Å². The molecule has 22 heavy (non-hydrogen) atoms. The van der Waals surface area contributed by atoms with E-state index in [-0.39, 0.29) is 23.5 Å². The average Bonchev–Trinajstić information content (AvgIpc) is 2.39. The number of benzene rings is 2. The Morgan fingerprint density at radius 1 is 1.14 bits per heavy atom. The molecule has 0 aliphatic carbocycles. The smallest absolute Gasteiger partial charge is 0.142 e. The monoisotopic (exact) mass is 361 g/mol. The predicted molar refractivity (Wildman–Crippen MR) is 89.8 cm³/mol. The lowest BCUT2D eigenvalue weighted by Gasteiger charge is -2.35. The zero-order chi connectivity index (χ0) is 14.8. The van der Waals surface area contributed by atoms with E-state index < -0.39 is 5.82 Å². The third-order valence-corrected chi connectivity index (χ3v) is 4.11. The summed E-state index contributed by atoms with van der Waals surface area (Å²) in [4.78, 5) is 0. The first kappa shape index (κ1) is 17.4. The zero-order valence-corrected chi connectivity index (χ0v) is 13.9. The van der Waals surface area contributed by atoms with Gasteiger partial charge in [-0.2, -0.15) is 0 Å². The quantitative estimate of drug-likeness (QED) is 0.836. The topological polar surface area (TPSA) is 21.3 Å². The fourth-order valence-electron chi connectivity index (χ4n) is 2.34. The van der Waals surface area contributed by atoms with Crippen LogP contribution in [0.3, 0.4) is 0 Å². The lowest BCUT2D eigenvalue weighted by Crippen LogP contribution is -2.46. The van der Waals surface area contributed by atoms with Crippen LogP contribution in [0.25, 0.3) is 0 Å². The normalized spacial score (nSPS) is 15.6. The summed E-state index contributed by atoms with van der Waals surface area (Å²) in [5, 5.41) is 3.94. The van der Waals surface area contributed by atoms with Gasteiger partial charge in [-0.05, 0) is 35.9 Å². The van der Waals surface area contributed by atoms with Crippen LogP contribution in [0.5, 0.6) is 5.75 Å². The van der Waals surface area contributed by atoms with Crippen molar-refractivity contribution in [1.82, 2.24) is 5.32 Å². The Morgan fingerprint density at radius 3 is 2.50 bits per heavy atom. The summed E-state index contributed by atoms with van der Waals surface area (Å²) in [6, 6.07) is 12.0. The number of nitrogens with one attached hydrogen (secondary N) is 1. The van der Waals surface area contributed by atoms with Gasteiger partial charge in [-0.15, -0.1) is 12.4 Å². The molecule has 3 rings (SSSR count). The van der Waals surface area contributed by atoms with E-state index in [2.05, 4.69) is 5.32 Å². The van der Waals surface area contributed by atoms with Crippen LogP contribution < -0.4 is 10.1 Å². The van der Waals surface area contributed by atoms with Crippen molar-refractivity contribution >= 4 is 35.6 Å². The van der Waals surface area contributed by atoms with Gasteiger partial charge in [-0.25, -0.2) is 4.39 Å². The van der Waals surface area contributed by atoms with Crippen molar-refractivity contribution in [3.05, 3.63) is 63.9 Å². The van der Waals surface area contributed by atoms with E-state index in [4.69, 9.17) is 27.9 Å². The number of halogens is 4. The number of ether oxygens (including phenoxy) is 1. The molecule has 1 N–H and O–H groups in total. The molecule has 1 heterocycles. The van der Waals surface area contributed by atoms with Gasteiger partial charge < -0.3 is 10.1 Å². The minimum absolute atomic E-state index is 0. The highest BCUT2D eigenvalue weighted by atomic mass is 35.5. The summed E-state index contributed by atoms with van der Waals surface area (Å²) in [5.74, 6) is 0.542. The Kier molecular flexibility index (Phi) is 5.93. The van der Waals surface area contributed by atoms with Crippen LogP contribution in [0.1, 0.15) is 11.7 Å². The van der Waals surface area contributed by atoms with Crippen LogP contribution in [0, 0.1) is 11.7 Å². The fourth-order valence-corrected chi connectivity index (χ4v) is 2.64. The molecule has 1 saturated heterocycles. The van der Waals surface area contributed by atoms with E-state index in [1.54, 1.807) is 24.3 Å². The molecule has 0 radical (unpaired) electrons. The molecule has 0 aromatic heterocycles. The number of rotatable bonds is 4. The molecule has 0 saturated carbocycles. The fraction of sp³-hybridized carbons (Fsp3) is 0.250. The summed E-state index contributed by atoms with van der Waals surface area (Å²) in [7, 11) is 0. The average molecular weight is 363 g/mol. The Hall–Kier alpha value is -1.00. The molecule has 118 valence electrons. The van der Waals surface area contributed by atoms with Gasteiger partial charge in [0.05, 0.1) is 5.02 Å². The van der Waals surface area contributed by atoms with E-state index in [0.717, 1.165) is 18.7 Å². The Morgan fingerprint density at radius 2 is 1.91 bits per heavy atom. The van der Waals surface area contributed by atoms with Gasteiger partial charge in [0, 0.05) is 24.0 Å². The molecule has 0 bridgehead atoms. The molecule has 6 heteroatoms. The molecular weight excluding hydrogens is 348 g/mol. The molecule has 0 amide bonds. The van der Waals surface area contributed by atoms with Crippen LogP contribution in [-0.2, 0) is 0 Å². The minimum Gasteiger partial charge on any atom is -0.485 e. The maximum absolute atomic E-state index is 13.7. The molecule has 1 fully saturated rings. The largest absolute Gasteiger partial charge is 0.485 e. The van der Waals surface area contributed by atoms with E-state index in [1.165, 1.54) is 6.07 Å². The van der Waals surface area contributed by atoms with Crippen LogP contribution in [-0.4, -0.2) is 13.1 Å². The highest BCUT2D eigenvalue weighted by molar-refractivity contribution is 6.31. The highest BCUT2D eigenvalue weighted by Crippen LogP contribution is 2.33. The van der Waals surface area contributed by atoms with Crippen molar-refractivity contribution in [2.24, 2.45) is 5.92 Å². The minimum atomic E-state index is -0.429. The van der Waals surface area contributed by atoms with Gasteiger partial charge in [0.1, 0.15) is 17.7 Å². The summed E-state index contributed by atoms with van der Waals surface area (Å²) >= 11 is 11.7. The van der Waals surface area contributed by atoms with Crippen LogP contribution in [0.15, 0.2) is 42.5 Å². The molecular formula is C16H15Cl3FNO. The SMILES string of the molecule is Cl.Fc1cc([C@@H](Oc2cccc(Cl)c2)C2CNC2)ccc1Cl. The summed E-state index contributed by atoms with van der Waals surface area (Å²) < 4.78 is 19.7. The van der Waals surface area contributed by atoms with Crippen molar-refractivity contribution in [3.63, 3.8) is 0 Å². The van der Waals surface area contributed by atoms with Crippen LogP contribution in [0.2, 0.25) is 10.0 Å². The third-order valence-electron chi connectivity index (χ3n) is 3.57. The lowest BCUT2D eigenvalue weighted by molar-refractivity contribution is 0.0990. The maximum Gasteiger partial charge on any atom is 0.142 e. The molecule has 0 spiro atoms. The van der Waals surface area contributed by atoms with Crippen molar-refractivity contribution in [2.75, 3.05) is 13.1 Å². The third kappa shape index (κ3) is 3.85. The first-order valence-corrected chi connectivity index (χ1v) is 7.47. The predicted octanol–water partition coefficient (Wildman–Crippen LogP) is 4.89.